The van der Waals surface area contributed by atoms with Crippen molar-refractivity contribution in [3.63, 3.8) is 0 Å². The van der Waals surface area contributed by atoms with Crippen molar-refractivity contribution in [2.75, 3.05) is 0 Å². The molecule has 2 aromatic carbocycles. The molecule has 0 aromatic heterocycles. The van der Waals surface area contributed by atoms with Gasteiger partial charge in [-0.25, -0.2) is 0 Å². The summed E-state index contributed by atoms with van der Waals surface area (Å²) >= 11 is 7.08. The lowest BCUT2D eigenvalue weighted by molar-refractivity contribution is -0.121. The second-order valence-corrected chi connectivity index (χ2v) is 6.83. The molecule has 2 aromatic rings. The summed E-state index contributed by atoms with van der Waals surface area (Å²) in [6, 6.07) is 19.8. The molecular formula is C17H17Br2NO. The molecule has 0 saturated heterocycles. The number of rotatable bonds is 5. The number of alkyl halides is 2. The Kier molecular flexibility index (Phi) is 6.00. The lowest BCUT2D eigenvalue weighted by atomic mass is 10.1. The van der Waals surface area contributed by atoms with Gasteiger partial charge in [0, 0.05) is 0 Å². The van der Waals surface area contributed by atoms with Crippen LogP contribution in [0.15, 0.2) is 60.7 Å². The number of halogens is 2. The zero-order valence-electron chi connectivity index (χ0n) is 11.7. The van der Waals surface area contributed by atoms with Crippen LogP contribution in [0.25, 0.3) is 0 Å². The van der Waals surface area contributed by atoms with Gasteiger partial charge >= 0.3 is 0 Å². The van der Waals surface area contributed by atoms with Gasteiger partial charge in [-0.1, -0.05) is 92.5 Å². The molecule has 110 valence electrons. The second kappa shape index (κ2) is 7.76. The van der Waals surface area contributed by atoms with Crippen LogP contribution < -0.4 is 5.32 Å². The minimum Gasteiger partial charge on any atom is -0.349 e. The third-order valence-electron chi connectivity index (χ3n) is 3.28. The maximum atomic E-state index is 12.4. The van der Waals surface area contributed by atoms with Gasteiger partial charge in [0.2, 0.25) is 5.91 Å². The van der Waals surface area contributed by atoms with E-state index >= 15 is 0 Å². The van der Waals surface area contributed by atoms with Crippen LogP contribution in [-0.4, -0.2) is 10.7 Å². The van der Waals surface area contributed by atoms with Crippen molar-refractivity contribution in [1.82, 2.24) is 5.32 Å². The molecule has 0 radical (unpaired) electrons. The van der Waals surface area contributed by atoms with Gasteiger partial charge in [-0.3, -0.25) is 4.79 Å². The molecule has 0 aliphatic heterocycles. The first-order valence-corrected chi connectivity index (χ1v) is 8.61. The molecule has 0 aliphatic rings. The van der Waals surface area contributed by atoms with Crippen LogP contribution in [0.2, 0.25) is 0 Å². The highest BCUT2D eigenvalue weighted by Crippen LogP contribution is 2.31. The smallest absolute Gasteiger partial charge is 0.235 e. The van der Waals surface area contributed by atoms with Crippen molar-refractivity contribution in [2.45, 2.75) is 22.6 Å². The standard InChI is InChI=1S/C17H17Br2NO/c1-12(13-8-4-2-5-9-13)20-17(21)16(19)15(18)14-10-6-3-7-11-14/h2-12,15-16H,1H3,(H,20,21)/t12-,15?,16?/m1/s1. The van der Waals surface area contributed by atoms with Crippen LogP contribution in [0.4, 0.5) is 0 Å². The average Bonchev–Trinajstić information content (AvgIpc) is 2.55. The van der Waals surface area contributed by atoms with Crippen LogP contribution in [0.5, 0.6) is 0 Å². The fourth-order valence-corrected chi connectivity index (χ4v) is 3.04. The molecule has 21 heavy (non-hydrogen) atoms. The molecule has 0 bridgehead atoms. The van der Waals surface area contributed by atoms with Crippen molar-refractivity contribution in [3.05, 3.63) is 71.8 Å². The van der Waals surface area contributed by atoms with Gasteiger partial charge in [0.15, 0.2) is 0 Å². The van der Waals surface area contributed by atoms with Crippen LogP contribution >= 0.6 is 31.9 Å². The van der Waals surface area contributed by atoms with Crippen LogP contribution in [-0.2, 0) is 4.79 Å². The summed E-state index contributed by atoms with van der Waals surface area (Å²) in [5.74, 6) is -0.0305. The Balaban J connectivity index is 2.00. The van der Waals surface area contributed by atoms with Crippen molar-refractivity contribution < 1.29 is 4.79 Å². The topological polar surface area (TPSA) is 29.1 Å². The first kappa shape index (κ1) is 16.2. The number of hydrogen-bond donors (Lipinski definition) is 1. The van der Waals surface area contributed by atoms with Gasteiger partial charge in [-0.2, -0.15) is 0 Å². The van der Waals surface area contributed by atoms with E-state index in [2.05, 4.69) is 37.2 Å². The van der Waals surface area contributed by atoms with E-state index in [-0.39, 0.29) is 21.6 Å². The van der Waals surface area contributed by atoms with Gasteiger partial charge in [0.25, 0.3) is 0 Å². The highest BCUT2D eigenvalue weighted by atomic mass is 79.9. The molecule has 2 unspecified atom stereocenters. The first-order chi connectivity index (χ1) is 10.1. The van der Waals surface area contributed by atoms with E-state index in [1.807, 2.05) is 67.6 Å². The van der Waals surface area contributed by atoms with E-state index in [1.165, 1.54) is 0 Å². The number of amides is 1. The minimum atomic E-state index is -0.328. The molecule has 0 spiro atoms. The molecule has 0 aliphatic carbocycles. The summed E-state index contributed by atoms with van der Waals surface area (Å²) < 4.78 is 0. The van der Waals surface area contributed by atoms with E-state index in [0.717, 1.165) is 11.1 Å². The Labute approximate surface area is 142 Å². The third-order valence-corrected chi connectivity index (χ3v) is 6.00. The normalized spacial score (nSPS) is 15.0. The van der Waals surface area contributed by atoms with E-state index < -0.39 is 0 Å². The number of carbonyl (C=O) groups is 1. The summed E-state index contributed by atoms with van der Waals surface area (Å²) in [7, 11) is 0. The molecule has 0 saturated carbocycles. The van der Waals surface area contributed by atoms with Crippen molar-refractivity contribution in [2.24, 2.45) is 0 Å². The van der Waals surface area contributed by atoms with Gasteiger partial charge in [0.05, 0.1) is 10.9 Å². The Bertz CT molecular complexity index is 574. The van der Waals surface area contributed by atoms with Crippen molar-refractivity contribution in [3.8, 4) is 0 Å². The summed E-state index contributed by atoms with van der Waals surface area (Å²) in [6.07, 6.45) is 0. The fourth-order valence-electron chi connectivity index (χ4n) is 2.06. The average molecular weight is 411 g/mol. The van der Waals surface area contributed by atoms with E-state index in [9.17, 15) is 4.79 Å². The zero-order chi connectivity index (χ0) is 15.2. The predicted octanol–water partition coefficient (Wildman–Crippen LogP) is 4.76. The van der Waals surface area contributed by atoms with Gasteiger partial charge < -0.3 is 5.32 Å². The largest absolute Gasteiger partial charge is 0.349 e. The fraction of sp³-hybridized carbons (Fsp3) is 0.235. The second-order valence-electron chi connectivity index (χ2n) is 4.86. The molecule has 0 heterocycles. The number of benzene rings is 2. The van der Waals surface area contributed by atoms with Crippen LogP contribution in [0, 0.1) is 0 Å². The molecule has 1 amide bonds. The Morgan fingerprint density at radius 1 is 0.905 bits per heavy atom. The van der Waals surface area contributed by atoms with E-state index in [4.69, 9.17) is 0 Å². The number of hydrogen-bond acceptors (Lipinski definition) is 1. The zero-order valence-corrected chi connectivity index (χ0v) is 14.8. The van der Waals surface area contributed by atoms with E-state index in [1.54, 1.807) is 0 Å². The Hall–Kier alpha value is -1.13. The number of nitrogens with one attached hydrogen (secondary N) is 1. The van der Waals surface area contributed by atoms with E-state index in [0.29, 0.717) is 0 Å². The van der Waals surface area contributed by atoms with Crippen molar-refractivity contribution >= 4 is 37.8 Å². The predicted molar refractivity (Wildman–Crippen MR) is 93.8 cm³/mol. The molecule has 0 fully saturated rings. The third kappa shape index (κ3) is 4.42. The number of carbonyl (C=O) groups excluding carboxylic acids is 1. The molecule has 3 atom stereocenters. The van der Waals surface area contributed by atoms with Gasteiger partial charge in [-0.05, 0) is 18.1 Å². The van der Waals surface area contributed by atoms with Crippen molar-refractivity contribution in [1.29, 1.82) is 0 Å². The van der Waals surface area contributed by atoms with Crippen LogP contribution in [0.3, 0.4) is 0 Å². The molecule has 1 N–H and O–H groups in total. The highest BCUT2D eigenvalue weighted by molar-refractivity contribution is 9.12. The minimum absolute atomic E-state index is 0.0192. The maximum Gasteiger partial charge on any atom is 0.235 e. The summed E-state index contributed by atoms with van der Waals surface area (Å²) in [6.45, 7) is 1.98. The molecular weight excluding hydrogens is 394 g/mol. The quantitative estimate of drug-likeness (QED) is 0.707. The maximum absolute atomic E-state index is 12.4. The molecule has 2 nitrogen and oxygen atoms in total. The first-order valence-electron chi connectivity index (χ1n) is 6.78. The highest BCUT2D eigenvalue weighted by Gasteiger charge is 2.25. The van der Waals surface area contributed by atoms with Crippen LogP contribution in [0.1, 0.15) is 28.9 Å². The summed E-state index contributed by atoms with van der Waals surface area (Å²) in [4.78, 5) is 12.0. The monoisotopic (exact) mass is 409 g/mol. The summed E-state index contributed by atoms with van der Waals surface area (Å²) in [5.41, 5.74) is 2.17. The lowest BCUT2D eigenvalue weighted by Gasteiger charge is -2.20. The Morgan fingerprint density at radius 2 is 1.38 bits per heavy atom. The lowest BCUT2D eigenvalue weighted by Crippen LogP contribution is -2.35. The van der Waals surface area contributed by atoms with Gasteiger partial charge in [0.1, 0.15) is 4.83 Å². The van der Waals surface area contributed by atoms with Gasteiger partial charge in [-0.15, -0.1) is 0 Å². The SMILES string of the molecule is C[C@@H](NC(=O)C(Br)C(Br)c1ccccc1)c1ccccc1. The molecule has 4 heteroatoms. The summed E-state index contributed by atoms with van der Waals surface area (Å²) in [5, 5.41) is 3.03. The Morgan fingerprint density at radius 3 is 1.90 bits per heavy atom. The molecule has 2 rings (SSSR count).